The molecular formula is C21H21BrN4O2S. The first kappa shape index (κ1) is 21.1. The van der Waals surface area contributed by atoms with Gasteiger partial charge in [-0.25, -0.2) is 0 Å². The minimum absolute atomic E-state index is 0.104. The molecule has 0 fully saturated rings. The van der Waals surface area contributed by atoms with Crippen molar-refractivity contribution in [3.8, 4) is 17.1 Å². The smallest absolute Gasteiger partial charge is 0.234 e. The van der Waals surface area contributed by atoms with Crippen molar-refractivity contribution < 1.29 is 9.53 Å². The molecule has 6 nitrogen and oxygen atoms in total. The van der Waals surface area contributed by atoms with Crippen LogP contribution in [0.5, 0.6) is 5.75 Å². The van der Waals surface area contributed by atoms with Crippen LogP contribution < -0.4 is 10.1 Å². The Balaban J connectivity index is 1.76. The Morgan fingerprint density at radius 2 is 2.10 bits per heavy atom. The molecule has 8 heteroatoms. The van der Waals surface area contributed by atoms with Crippen molar-refractivity contribution in [2.24, 2.45) is 0 Å². The summed E-state index contributed by atoms with van der Waals surface area (Å²) in [5, 5.41) is 12.2. The SMILES string of the molecule is C=CCn1c(SCC(=O)Nc2ccc(Br)cc2C)nnc1-c1ccccc1OC. The normalized spacial score (nSPS) is 10.6. The van der Waals surface area contributed by atoms with Crippen LogP contribution in [0.4, 0.5) is 5.69 Å². The largest absolute Gasteiger partial charge is 0.496 e. The first-order valence-electron chi connectivity index (χ1n) is 8.89. The molecule has 0 saturated carbocycles. The zero-order valence-corrected chi connectivity index (χ0v) is 18.6. The van der Waals surface area contributed by atoms with E-state index in [1.165, 1.54) is 11.8 Å². The van der Waals surface area contributed by atoms with E-state index in [0.29, 0.717) is 23.3 Å². The summed E-state index contributed by atoms with van der Waals surface area (Å²) in [6.45, 7) is 6.30. The highest BCUT2D eigenvalue weighted by molar-refractivity contribution is 9.10. The number of carbonyl (C=O) groups excluding carboxylic acids is 1. The second-order valence-corrected chi connectivity index (χ2v) is 8.06. The van der Waals surface area contributed by atoms with Gasteiger partial charge in [-0.3, -0.25) is 9.36 Å². The summed E-state index contributed by atoms with van der Waals surface area (Å²) >= 11 is 4.76. The molecule has 29 heavy (non-hydrogen) atoms. The number of anilines is 1. The molecule has 3 aromatic rings. The molecule has 1 aromatic heterocycles. The molecule has 1 heterocycles. The molecule has 0 aliphatic heterocycles. The minimum Gasteiger partial charge on any atom is -0.496 e. The highest BCUT2D eigenvalue weighted by atomic mass is 79.9. The number of amides is 1. The van der Waals surface area contributed by atoms with Crippen LogP contribution in [0, 0.1) is 6.92 Å². The zero-order chi connectivity index (χ0) is 20.8. The second-order valence-electron chi connectivity index (χ2n) is 6.20. The molecule has 1 N–H and O–H groups in total. The fraction of sp³-hybridized carbons (Fsp3) is 0.190. The number of thioether (sulfide) groups is 1. The van der Waals surface area contributed by atoms with Crippen LogP contribution in [-0.4, -0.2) is 33.5 Å². The molecule has 1 amide bonds. The van der Waals surface area contributed by atoms with E-state index in [1.807, 2.05) is 54.0 Å². The lowest BCUT2D eigenvalue weighted by Gasteiger charge is -2.11. The van der Waals surface area contributed by atoms with E-state index < -0.39 is 0 Å². The molecule has 0 aliphatic rings. The maximum atomic E-state index is 12.4. The van der Waals surface area contributed by atoms with Crippen molar-refractivity contribution in [3.63, 3.8) is 0 Å². The number of nitrogens with zero attached hydrogens (tertiary/aromatic N) is 3. The van der Waals surface area contributed by atoms with Crippen LogP contribution in [-0.2, 0) is 11.3 Å². The predicted octanol–water partition coefficient (Wildman–Crippen LogP) is 4.94. The number of benzene rings is 2. The number of hydrogen-bond acceptors (Lipinski definition) is 5. The molecule has 0 unspecified atom stereocenters. The van der Waals surface area contributed by atoms with Crippen molar-refractivity contribution >= 4 is 39.3 Å². The lowest BCUT2D eigenvalue weighted by molar-refractivity contribution is -0.113. The van der Waals surface area contributed by atoms with E-state index in [-0.39, 0.29) is 11.7 Å². The average Bonchev–Trinajstić information content (AvgIpc) is 3.11. The van der Waals surface area contributed by atoms with Gasteiger partial charge < -0.3 is 10.1 Å². The maximum absolute atomic E-state index is 12.4. The molecule has 0 spiro atoms. The van der Waals surface area contributed by atoms with Gasteiger partial charge in [0.25, 0.3) is 0 Å². The zero-order valence-electron chi connectivity index (χ0n) is 16.2. The van der Waals surface area contributed by atoms with E-state index in [0.717, 1.165) is 21.3 Å². The Kier molecular flexibility index (Phi) is 7.11. The van der Waals surface area contributed by atoms with Crippen LogP contribution in [0.25, 0.3) is 11.4 Å². The summed E-state index contributed by atoms with van der Waals surface area (Å²) in [6.07, 6.45) is 1.78. The number of allylic oxidation sites excluding steroid dienone is 1. The Morgan fingerprint density at radius 3 is 2.83 bits per heavy atom. The van der Waals surface area contributed by atoms with E-state index in [1.54, 1.807) is 13.2 Å². The van der Waals surface area contributed by atoms with Crippen molar-refractivity contribution in [1.29, 1.82) is 0 Å². The minimum atomic E-state index is -0.104. The molecule has 0 saturated heterocycles. The monoisotopic (exact) mass is 472 g/mol. The topological polar surface area (TPSA) is 69.0 Å². The lowest BCUT2D eigenvalue weighted by Crippen LogP contribution is -2.15. The highest BCUT2D eigenvalue weighted by Crippen LogP contribution is 2.31. The molecule has 3 rings (SSSR count). The number of ether oxygens (including phenoxy) is 1. The van der Waals surface area contributed by atoms with Gasteiger partial charge in [-0.05, 0) is 42.8 Å². The maximum Gasteiger partial charge on any atom is 0.234 e. The third-order valence-electron chi connectivity index (χ3n) is 4.17. The van der Waals surface area contributed by atoms with Crippen LogP contribution in [0.1, 0.15) is 5.56 Å². The van der Waals surface area contributed by atoms with Crippen molar-refractivity contribution in [1.82, 2.24) is 14.8 Å². The van der Waals surface area contributed by atoms with Gasteiger partial charge in [0.1, 0.15) is 5.75 Å². The van der Waals surface area contributed by atoms with E-state index in [2.05, 4.69) is 38.0 Å². The summed E-state index contributed by atoms with van der Waals surface area (Å²) in [5.74, 6) is 1.50. The quantitative estimate of drug-likeness (QED) is 0.371. The summed E-state index contributed by atoms with van der Waals surface area (Å²) in [6, 6.07) is 13.4. The Hall–Kier alpha value is -2.58. The first-order valence-corrected chi connectivity index (χ1v) is 10.7. The highest BCUT2D eigenvalue weighted by Gasteiger charge is 2.17. The number of para-hydroxylation sites is 1. The summed E-state index contributed by atoms with van der Waals surface area (Å²) in [7, 11) is 1.62. The first-order chi connectivity index (χ1) is 14.0. The van der Waals surface area contributed by atoms with Crippen LogP contribution in [0.2, 0.25) is 0 Å². The van der Waals surface area contributed by atoms with E-state index in [9.17, 15) is 4.79 Å². The van der Waals surface area contributed by atoms with Gasteiger partial charge in [-0.15, -0.1) is 16.8 Å². The third-order valence-corrected chi connectivity index (χ3v) is 5.63. The molecule has 0 aliphatic carbocycles. The number of aromatic nitrogens is 3. The van der Waals surface area contributed by atoms with Crippen LogP contribution >= 0.6 is 27.7 Å². The summed E-state index contributed by atoms with van der Waals surface area (Å²) in [5.41, 5.74) is 2.62. The van der Waals surface area contributed by atoms with Gasteiger partial charge in [-0.2, -0.15) is 0 Å². The fourth-order valence-corrected chi connectivity index (χ4v) is 4.02. The van der Waals surface area contributed by atoms with Gasteiger partial charge in [0.2, 0.25) is 5.91 Å². The van der Waals surface area contributed by atoms with Crippen LogP contribution in [0.3, 0.4) is 0 Å². The molecule has 150 valence electrons. The van der Waals surface area contributed by atoms with Crippen molar-refractivity contribution in [2.75, 3.05) is 18.2 Å². The number of methoxy groups -OCH3 is 1. The Bertz CT molecular complexity index is 1040. The number of nitrogens with one attached hydrogen (secondary N) is 1. The number of halogens is 1. The van der Waals surface area contributed by atoms with Gasteiger partial charge in [0.15, 0.2) is 11.0 Å². The van der Waals surface area contributed by atoms with Crippen molar-refractivity contribution in [3.05, 3.63) is 65.2 Å². The van der Waals surface area contributed by atoms with E-state index in [4.69, 9.17) is 4.74 Å². The fourth-order valence-electron chi connectivity index (χ4n) is 2.80. The average molecular weight is 473 g/mol. The molecule has 2 aromatic carbocycles. The van der Waals surface area contributed by atoms with Gasteiger partial charge in [-0.1, -0.05) is 45.9 Å². The number of rotatable bonds is 8. The Morgan fingerprint density at radius 1 is 1.31 bits per heavy atom. The standard InChI is InChI=1S/C21H21BrN4O2S/c1-4-11-26-20(16-7-5-6-8-18(16)28-3)24-25-21(26)29-13-19(27)23-17-10-9-15(22)12-14(17)2/h4-10,12H,1,11,13H2,2-3H3,(H,23,27). The molecule has 0 bridgehead atoms. The second kappa shape index (κ2) is 9.76. The summed E-state index contributed by atoms with van der Waals surface area (Å²) in [4.78, 5) is 12.4. The Labute approximate surface area is 182 Å². The molecule has 0 atom stereocenters. The van der Waals surface area contributed by atoms with Gasteiger partial charge in [0.05, 0.1) is 18.4 Å². The number of aryl methyl sites for hydroxylation is 1. The van der Waals surface area contributed by atoms with Crippen LogP contribution in [0.15, 0.2) is 64.7 Å². The summed E-state index contributed by atoms with van der Waals surface area (Å²) < 4.78 is 8.35. The molecule has 0 radical (unpaired) electrons. The van der Waals surface area contributed by atoms with Gasteiger partial charge in [0, 0.05) is 16.7 Å². The lowest BCUT2D eigenvalue weighted by atomic mass is 10.2. The number of hydrogen-bond donors (Lipinski definition) is 1. The number of carbonyl (C=O) groups is 1. The van der Waals surface area contributed by atoms with Crippen molar-refractivity contribution in [2.45, 2.75) is 18.6 Å². The van der Waals surface area contributed by atoms with Gasteiger partial charge >= 0.3 is 0 Å². The molecular weight excluding hydrogens is 452 g/mol. The predicted molar refractivity (Wildman–Crippen MR) is 120 cm³/mol. The third kappa shape index (κ3) is 5.07. The van der Waals surface area contributed by atoms with E-state index >= 15 is 0 Å².